The van der Waals surface area contributed by atoms with Gasteiger partial charge in [0.05, 0.1) is 22.3 Å². The first-order chi connectivity index (χ1) is 10.4. The van der Waals surface area contributed by atoms with Crippen molar-refractivity contribution in [1.29, 1.82) is 0 Å². The Hall–Kier alpha value is -1.30. The summed E-state index contributed by atoms with van der Waals surface area (Å²) in [7, 11) is 1.79. The molecular formula is C15H21Cl2N3O2. The van der Waals surface area contributed by atoms with Gasteiger partial charge in [0.2, 0.25) is 11.8 Å². The van der Waals surface area contributed by atoms with Crippen LogP contribution in [0.15, 0.2) is 18.2 Å². The lowest BCUT2D eigenvalue weighted by atomic mass is 10.3. The highest BCUT2D eigenvalue weighted by atomic mass is 35.5. The van der Waals surface area contributed by atoms with E-state index in [1.165, 1.54) is 0 Å². The van der Waals surface area contributed by atoms with Crippen LogP contribution < -0.4 is 10.6 Å². The van der Waals surface area contributed by atoms with Crippen LogP contribution in [0.2, 0.25) is 10.0 Å². The minimum atomic E-state index is -0.198. The molecule has 0 radical (unpaired) electrons. The Morgan fingerprint density at radius 3 is 2.41 bits per heavy atom. The Kier molecular flexibility index (Phi) is 8.24. The van der Waals surface area contributed by atoms with Crippen LogP contribution in [0.4, 0.5) is 5.69 Å². The number of amides is 2. The van der Waals surface area contributed by atoms with E-state index in [1.807, 2.05) is 6.92 Å². The van der Waals surface area contributed by atoms with Gasteiger partial charge in [0, 0.05) is 19.5 Å². The van der Waals surface area contributed by atoms with E-state index >= 15 is 0 Å². The summed E-state index contributed by atoms with van der Waals surface area (Å²) in [6, 6.07) is 5.03. The van der Waals surface area contributed by atoms with E-state index in [0.29, 0.717) is 28.8 Å². The van der Waals surface area contributed by atoms with Crippen molar-refractivity contribution in [3.63, 3.8) is 0 Å². The molecular weight excluding hydrogens is 325 g/mol. The van der Waals surface area contributed by atoms with Crippen LogP contribution in [-0.2, 0) is 9.59 Å². The zero-order valence-corrected chi connectivity index (χ0v) is 14.3. The average molecular weight is 346 g/mol. The third-order valence-electron chi connectivity index (χ3n) is 2.93. The molecule has 0 unspecified atom stereocenters. The van der Waals surface area contributed by atoms with Crippen LogP contribution >= 0.6 is 23.2 Å². The van der Waals surface area contributed by atoms with Crippen molar-refractivity contribution in [1.82, 2.24) is 10.2 Å². The molecule has 2 N–H and O–H groups in total. The van der Waals surface area contributed by atoms with E-state index in [0.717, 1.165) is 6.42 Å². The molecule has 0 aliphatic heterocycles. The van der Waals surface area contributed by atoms with Gasteiger partial charge in [-0.3, -0.25) is 14.5 Å². The molecule has 5 nitrogen and oxygen atoms in total. The molecule has 1 aromatic rings. The number of nitrogens with one attached hydrogen (secondary N) is 2. The molecule has 1 rings (SSSR count). The number of hydrogen-bond donors (Lipinski definition) is 2. The number of nitrogens with zero attached hydrogens (tertiary/aromatic N) is 1. The summed E-state index contributed by atoms with van der Waals surface area (Å²) >= 11 is 12.0. The number of anilines is 1. The lowest BCUT2D eigenvalue weighted by Gasteiger charge is -2.16. The van der Waals surface area contributed by atoms with Gasteiger partial charge in [0.1, 0.15) is 0 Å². The molecule has 1 aromatic carbocycles. The molecule has 0 aliphatic rings. The van der Waals surface area contributed by atoms with Gasteiger partial charge in [-0.25, -0.2) is 0 Å². The van der Waals surface area contributed by atoms with Gasteiger partial charge in [0.15, 0.2) is 0 Å². The van der Waals surface area contributed by atoms with E-state index in [-0.39, 0.29) is 24.8 Å². The number of carbonyl (C=O) groups is 2. The summed E-state index contributed by atoms with van der Waals surface area (Å²) in [5.41, 5.74) is 0.416. The van der Waals surface area contributed by atoms with Gasteiger partial charge in [-0.1, -0.05) is 36.2 Å². The summed E-state index contributed by atoms with van der Waals surface area (Å²) < 4.78 is 0. The van der Waals surface area contributed by atoms with Crippen LogP contribution in [0.25, 0.3) is 0 Å². The Bertz CT molecular complexity index is 503. The van der Waals surface area contributed by atoms with E-state index in [9.17, 15) is 9.59 Å². The van der Waals surface area contributed by atoms with E-state index in [1.54, 1.807) is 30.1 Å². The van der Waals surface area contributed by atoms with Gasteiger partial charge >= 0.3 is 0 Å². The number of hydrogen-bond acceptors (Lipinski definition) is 3. The molecule has 22 heavy (non-hydrogen) atoms. The zero-order chi connectivity index (χ0) is 16.5. The molecule has 7 heteroatoms. The molecule has 0 fully saturated rings. The second-order valence-corrected chi connectivity index (χ2v) is 5.80. The maximum Gasteiger partial charge on any atom is 0.234 e. The monoisotopic (exact) mass is 345 g/mol. The van der Waals surface area contributed by atoms with E-state index in [4.69, 9.17) is 23.2 Å². The fourth-order valence-corrected chi connectivity index (χ4v) is 2.25. The number of benzene rings is 1. The van der Waals surface area contributed by atoms with Crippen LogP contribution in [0, 0.1) is 0 Å². The van der Waals surface area contributed by atoms with Crippen molar-refractivity contribution in [3.05, 3.63) is 28.2 Å². The highest BCUT2D eigenvalue weighted by Crippen LogP contribution is 2.29. The van der Waals surface area contributed by atoms with Gasteiger partial charge < -0.3 is 10.6 Å². The number of halogens is 2. The maximum absolute atomic E-state index is 11.9. The molecule has 0 aromatic heterocycles. The minimum absolute atomic E-state index is 0.0427. The van der Waals surface area contributed by atoms with Crippen molar-refractivity contribution < 1.29 is 9.59 Å². The topological polar surface area (TPSA) is 61.4 Å². The molecule has 2 amide bonds. The predicted octanol–water partition coefficient (Wildman–Crippen LogP) is 2.78. The van der Waals surface area contributed by atoms with Crippen molar-refractivity contribution in [2.45, 2.75) is 19.8 Å². The lowest BCUT2D eigenvalue weighted by molar-refractivity contribution is -0.122. The normalized spacial score (nSPS) is 10.6. The molecule has 0 saturated carbocycles. The Balaban J connectivity index is 2.38. The predicted molar refractivity (Wildman–Crippen MR) is 90.5 cm³/mol. The average Bonchev–Trinajstić information content (AvgIpc) is 2.47. The summed E-state index contributed by atoms with van der Waals surface area (Å²) in [5, 5.41) is 6.27. The quantitative estimate of drug-likeness (QED) is 0.761. The Morgan fingerprint density at radius 1 is 1.18 bits per heavy atom. The largest absolute Gasteiger partial charge is 0.355 e. The molecule has 0 heterocycles. The molecule has 0 saturated heterocycles. The fourth-order valence-electron chi connectivity index (χ4n) is 1.76. The second kappa shape index (κ2) is 9.66. The maximum atomic E-state index is 11.9. The zero-order valence-electron chi connectivity index (χ0n) is 12.8. The number of likely N-dealkylation sites (N-methyl/N-ethyl adjacent to an activating group) is 1. The van der Waals surface area contributed by atoms with E-state index in [2.05, 4.69) is 10.6 Å². The Labute approximate surface area is 141 Å². The molecule has 0 spiro atoms. The minimum Gasteiger partial charge on any atom is -0.355 e. The summed E-state index contributed by atoms with van der Waals surface area (Å²) in [5.74, 6) is -0.241. The highest BCUT2D eigenvalue weighted by molar-refractivity contribution is 6.39. The first-order valence-corrected chi connectivity index (χ1v) is 7.88. The molecule has 0 aliphatic carbocycles. The van der Waals surface area contributed by atoms with Crippen molar-refractivity contribution in [3.8, 4) is 0 Å². The number of rotatable bonds is 8. The fraction of sp³-hybridized carbons (Fsp3) is 0.467. The third-order valence-corrected chi connectivity index (χ3v) is 3.56. The lowest BCUT2D eigenvalue weighted by Crippen LogP contribution is -2.36. The van der Waals surface area contributed by atoms with Gasteiger partial charge in [-0.2, -0.15) is 0 Å². The van der Waals surface area contributed by atoms with Crippen LogP contribution in [-0.4, -0.2) is 43.4 Å². The van der Waals surface area contributed by atoms with Gasteiger partial charge in [-0.15, -0.1) is 0 Å². The van der Waals surface area contributed by atoms with Crippen molar-refractivity contribution >= 4 is 40.7 Å². The summed E-state index contributed by atoms with van der Waals surface area (Å²) in [4.78, 5) is 25.3. The van der Waals surface area contributed by atoms with Crippen molar-refractivity contribution in [2.75, 3.05) is 32.0 Å². The van der Waals surface area contributed by atoms with Crippen LogP contribution in [0.1, 0.15) is 19.8 Å². The number of carbonyl (C=O) groups excluding carboxylic acids is 2. The van der Waals surface area contributed by atoms with Gasteiger partial charge in [-0.05, 0) is 25.6 Å². The van der Waals surface area contributed by atoms with E-state index < -0.39 is 0 Å². The number of para-hydroxylation sites is 1. The SMILES string of the molecule is CCCNC(=O)CN(C)CCC(=O)Nc1c(Cl)cccc1Cl. The summed E-state index contributed by atoms with van der Waals surface area (Å²) in [6.07, 6.45) is 1.15. The Morgan fingerprint density at radius 2 is 1.82 bits per heavy atom. The summed E-state index contributed by atoms with van der Waals surface area (Å²) in [6.45, 7) is 3.39. The van der Waals surface area contributed by atoms with Gasteiger partial charge in [0.25, 0.3) is 0 Å². The standard InChI is InChI=1S/C15H21Cl2N3O2/c1-3-8-18-14(22)10-20(2)9-7-13(21)19-15-11(16)5-4-6-12(15)17/h4-6H,3,7-10H2,1-2H3,(H,18,22)(H,19,21). The smallest absolute Gasteiger partial charge is 0.234 e. The van der Waals surface area contributed by atoms with Crippen LogP contribution in [0.3, 0.4) is 0 Å². The third kappa shape index (κ3) is 6.64. The molecule has 0 atom stereocenters. The molecule has 0 bridgehead atoms. The second-order valence-electron chi connectivity index (χ2n) is 4.98. The highest BCUT2D eigenvalue weighted by Gasteiger charge is 2.11. The van der Waals surface area contributed by atoms with Crippen molar-refractivity contribution in [2.24, 2.45) is 0 Å². The molecule has 122 valence electrons. The first-order valence-electron chi connectivity index (χ1n) is 7.13. The first kappa shape index (κ1) is 18.7. The van der Waals surface area contributed by atoms with Crippen LogP contribution in [0.5, 0.6) is 0 Å².